The molecule has 1 aromatic carbocycles. The molecule has 1 aromatic heterocycles. The number of anilines is 1. The zero-order valence-corrected chi connectivity index (χ0v) is 24.3. The van der Waals surface area contributed by atoms with E-state index in [1.807, 2.05) is 26.0 Å². The summed E-state index contributed by atoms with van der Waals surface area (Å²) < 4.78 is 13.3. The number of hydrogen-bond donors (Lipinski definition) is 3. The number of thiazole rings is 1. The van der Waals surface area contributed by atoms with Crippen LogP contribution in [-0.2, 0) is 6.42 Å². The molecule has 3 N–H and O–H groups in total. The lowest BCUT2D eigenvalue weighted by atomic mass is 9.87. The third kappa shape index (κ3) is 8.79. The molecule has 0 radical (unpaired) electrons. The fraction of sp³-hybridized carbons (Fsp3) is 0.621. The molecule has 0 spiro atoms. The van der Waals surface area contributed by atoms with E-state index in [1.165, 1.54) is 36.0 Å². The number of aromatic nitrogens is 1. The first-order valence-electron chi connectivity index (χ1n) is 13.9. The summed E-state index contributed by atoms with van der Waals surface area (Å²) in [7, 11) is 0. The molecule has 8 nitrogen and oxygen atoms in total. The zero-order chi connectivity index (χ0) is 28.2. The first-order chi connectivity index (χ1) is 18.4. The molecule has 214 valence electrons. The van der Waals surface area contributed by atoms with Crippen LogP contribution in [0.25, 0.3) is 0 Å². The zero-order valence-electron chi connectivity index (χ0n) is 23.5. The molecule has 0 bridgehead atoms. The number of Topliss-reactive ketones (excluding diaryl/α,β-unsaturated/α-hetero) is 1. The molecule has 0 aliphatic carbocycles. The van der Waals surface area contributed by atoms with Gasteiger partial charge in [-0.2, -0.15) is 0 Å². The van der Waals surface area contributed by atoms with Crippen LogP contribution in [-0.4, -0.2) is 82.6 Å². The Kier molecular flexibility index (Phi) is 9.74. The SMILES string of the molecule is CC(=O)c1sc(NC(=O)N[C@@H]2CCN(CC(C)(C)O)C[C@H]2CN2CCC[C@@H](Cc3ccc(F)cc3)C2)nc1C. The van der Waals surface area contributed by atoms with Crippen LogP contribution >= 0.6 is 11.3 Å². The summed E-state index contributed by atoms with van der Waals surface area (Å²) in [5, 5.41) is 16.9. The minimum atomic E-state index is -0.787. The summed E-state index contributed by atoms with van der Waals surface area (Å²) >= 11 is 1.20. The van der Waals surface area contributed by atoms with Gasteiger partial charge < -0.3 is 20.2 Å². The van der Waals surface area contributed by atoms with Gasteiger partial charge in [-0.25, -0.2) is 14.2 Å². The number of halogens is 1. The standard InChI is InChI=1S/C29H42FN5O3S/c1-19-26(20(2)36)39-28(31-19)33-27(37)32-25-11-13-35(18-29(3,4)38)17-23(25)16-34-12-5-6-22(15-34)14-21-7-9-24(30)10-8-21/h7-10,22-23,25,38H,5-6,11-18H2,1-4H3,(H2,31,32,33,37)/t22-,23+,25+/m0/s1. The number of nitrogens with zero attached hydrogens (tertiary/aromatic N) is 3. The number of nitrogens with one attached hydrogen (secondary N) is 2. The normalized spacial score (nSPS) is 23.0. The molecular weight excluding hydrogens is 517 g/mol. The predicted octanol–water partition coefficient (Wildman–Crippen LogP) is 4.33. The number of carbonyl (C=O) groups excluding carboxylic acids is 2. The number of carbonyl (C=O) groups is 2. The number of aliphatic hydroxyl groups is 1. The molecule has 2 saturated heterocycles. The molecule has 2 fully saturated rings. The van der Waals surface area contributed by atoms with Crippen LogP contribution in [0.15, 0.2) is 24.3 Å². The maximum atomic E-state index is 13.3. The van der Waals surface area contributed by atoms with Gasteiger partial charge in [0.05, 0.1) is 16.2 Å². The van der Waals surface area contributed by atoms with Gasteiger partial charge in [-0.05, 0) is 76.6 Å². The van der Waals surface area contributed by atoms with Gasteiger partial charge in [0, 0.05) is 51.6 Å². The van der Waals surface area contributed by atoms with E-state index in [9.17, 15) is 19.1 Å². The Bertz CT molecular complexity index is 1130. The number of aryl methyl sites for hydroxylation is 1. The molecular formula is C29H42FN5O3S. The molecule has 10 heteroatoms. The number of amides is 2. The predicted molar refractivity (Wildman–Crippen MR) is 153 cm³/mol. The average Bonchev–Trinajstić information content (AvgIpc) is 3.21. The monoisotopic (exact) mass is 559 g/mol. The van der Waals surface area contributed by atoms with Crippen molar-refractivity contribution in [2.75, 3.05) is 44.6 Å². The van der Waals surface area contributed by atoms with E-state index in [-0.39, 0.29) is 29.6 Å². The fourth-order valence-electron chi connectivity index (χ4n) is 6.02. The number of β-amino-alcohol motifs (C(OH)–C–C–N with tert-alkyl or cyclic N) is 1. The summed E-state index contributed by atoms with van der Waals surface area (Å²) in [5.41, 5.74) is 1.00. The van der Waals surface area contributed by atoms with Gasteiger partial charge in [-0.3, -0.25) is 10.1 Å². The van der Waals surface area contributed by atoms with Crippen molar-refractivity contribution in [3.8, 4) is 0 Å². The van der Waals surface area contributed by atoms with Crippen molar-refractivity contribution in [3.63, 3.8) is 0 Å². The first kappa shape index (κ1) is 29.6. The second-order valence-electron chi connectivity index (χ2n) is 11.9. The van der Waals surface area contributed by atoms with Gasteiger partial charge in [0.2, 0.25) is 0 Å². The van der Waals surface area contributed by atoms with Crippen molar-refractivity contribution in [2.45, 2.75) is 65.0 Å². The number of benzene rings is 1. The largest absolute Gasteiger partial charge is 0.389 e. The average molecular weight is 560 g/mol. The number of hydrogen-bond acceptors (Lipinski definition) is 7. The topological polar surface area (TPSA) is 97.8 Å². The molecule has 2 aliphatic rings. The lowest BCUT2D eigenvalue weighted by Gasteiger charge is -2.43. The van der Waals surface area contributed by atoms with Gasteiger partial charge in [0.15, 0.2) is 10.9 Å². The summed E-state index contributed by atoms with van der Waals surface area (Å²) in [6.45, 7) is 12.0. The number of ketones is 1. The Morgan fingerprint density at radius 1 is 1.15 bits per heavy atom. The van der Waals surface area contributed by atoms with E-state index in [4.69, 9.17) is 0 Å². The number of piperidine rings is 2. The Labute approximate surface area is 235 Å². The van der Waals surface area contributed by atoms with E-state index in [0.29, 0.717) is 28.2 Å². The van der Waals surface area contributed by atoms with Crippen molar-refractivity contribution < 1.29 is 19.1 Å². The molecule has 3 atom stereocenters. The third-order valence-electron chi connectivity index (χ3n) is 7.62. The fourth-order valence-corrected chi connectivity index (χ4v) is 6.88. The highest BCUT2D eigenvalue weighted by Crippen LogP contribution is 2.26. The number of urea groups is 1. The third-order valence-corrected chi connectivity index (χ3v) is 8.79. The number of rotatable bonds is 9. The highest BCUT2D eigenvalue weighted by molar-refractivity contribution is 7.17. The van der Waals surface area contributed by atoms with E-state index < -0.39 is 5.60 Å². The Hall–Kier alpha value is -2.40. The van der Waals surface area contributed by atoms with Gasteiger partial charge in [0.1, 0.15) is 5.82 Å². The maximum absolute atomic E-state index is 13.3. The van der Waals surface area contributed by atoms with Crippen LogP contribution in [0.4, 0.5) is 14.3 Å². The van der Waals surface area contributed by atoms with E-state index in [0.717, 1.165) is 58.4 Å². The highest BCUT2D eigenvalue weighted by atomic mass is 32.1. The molecule has 2 amide bonds. The summed E-state index contributed by atoms with van der Waals surface area (Å²) in [6, 6.07) is 6.50. The quantitative estimate of drug-likeness (QED) is 0.396. The second-order valence-corrected chi connectivity index (χ2v) is 12.9. The van der Waals surface area contributed by atoms with E-state index >= 15 is 0 Å². The van der Waals surface area contributed by atoms with Crippen molar-refractivity contribution in [1.29, 1.82) is 0 Å². The Morgan fingerprint density at radius 2 is 1.90 bits per heavy atom. The summed E-state index contributed by atoms with van der Waals surface area (Å²) in [4.78, 5) is 34.4. The first-order valence-corrected chi connectivity index (χ1v) is 14.7. The van der Waals surface area contributed by atoms with Gasteiger partial charge >= 0.3 is 6.03 Å². The van der Waals surface area contributed by atoms with Crippen molar-refractivity contribution >= 4 is 28.3 Å². The van der Waals surface area contributed by atoms with Crippen LogP contribution in [0.2, 0.25) is 0 Å². The molecule has 39 heavy (non-hydrogen) atoms. The molecule has 3 heterocycles. The van der Waals surface area contributed by atoms with Crippen LogP contribution in [0, 0.1) is 24.6 Å². The molecule has 0 saturated carbocycles. The summed E-state index contributed by atoms with van der Waals surface area (Å²) in [5.74, 6) is 0.446. The van der Waals surface area contributed by atoms with Gasteiger partial charge in [0.25, 0.3) is 0 Å². The molecule has 0 unspecified atom stereocenters. The lowest BCUT2D eigenvalue weighted by Crippen LogP contribution is -2.57. The van der Waals surface area contributed by atoms with E-state index in [2.05, 4.69) is 25.4 Å². The van der Waals surface area contributed by atoms with Gasteiger partial charge in [-0.15, -0.1) is 0 Å². The second kappa shape index (κ2) is 12.8. The van der Waals surface area contributed by atoms with Crippen molar-refractivity contribution in [1.82, 2.24) is 20.1 Å². The Morgan fingerprint density at radius 3 is 2.56 bits per heavy atom. The van der Waals surface area contributed by atoms with Crippen LogP contribution in [0.1, 0.15) is 61.0 Å². The molecule has 2 aromatic rings. The molecule has 2 aliphatic heterocycles. The lowest BCUT2D eigenvalue weighted by molar-refractivity contribution is 0.00946. The van der Waals surface area contributed by atoms with Crippen LogP contribution in [0.5, 0.6) is 0 Å². The van der Waals surface area contributed by atoms with Crippen LogP contribution in [0.3, 0.4) is 0 Å². The van der Waals surface area contributed by atoms with Crippen molar-refractivity contribution in [2.24, 2.45) is 11.8 Å². The minimum absolute atomic E-state index is 0.0196. The van der Waals surface area contributed by atoms with Crippen molar-refractivity contribution in [3.05, 3.63) is 46.2 Å². The number of likely N-dealkylation sites (tertiary alicyclic amines) is 2. The molecule has 4 rings (SSSR count). The highest BCUT2D eigenvalue weighted by Gasteiger charge is 2.34. The maximum Gasteiger partial charge on any atom is 0.321 e. The minimum Gasteiger partial charge on any atom is -0.389 e. The van der Waals surface area contributed by atoms with Crippen LogP contribution < -0.4 is 10.6 Å². The smallest absolute Gasteiger partial charge is 0.321 e. The van der Waals surface area contributed by atoms with Gasteiger partial charge in [-0.1, -0.05) is 23.5 Å². The Balaban J connectivity index is 1.39. The summed E-state index contributed by atoms with van der Waals surface area (Å²) in [6.07, 6.45) is 4.00. The van der Waals surface area contributed by atoms with E-state index in [1.54, 1.807) is 6.92 Å².